The summed E-state index contributed by atoms with van der Waals surface area (Å²) in [6, 6.07) is 7.47. The first-order chi connectivity index (χ1) is 8.15. The van der Waals surface area contributed by atoms with Crippen LogP contribution in [-0.2, 0) is 4.79 Å². The number of fused-ring (bicyclic) bond motifs is 1. The number of aromatic amines is 1. The first-order valence-corrected chi connectivity index (χ1v) is 4.88. The number of aliphatic imine (C=N–C) groups is 1. The van der Waals surface area contributed by atoms with Crippen LogP contribution in [0.3, 0.4) is 0 Å². The van der Waals surface area contributed by atoms with Crippen molar-refractivity contribution in [1.29, 1.82) is 0 Å². The van der Waals surface area contributed by atoms with Gasteiger partial charge in [-0.3, -0.25) is 10.1 Å². The summed E-state index contributed by atoms with van der Waals surface area (Å²) in [6.07, 6.45) is 0. The van der Waals surface area contributed by atoms with E-state index >= 15 is 0 Å². The lowest BCUT2D eigenvalue weighted by Crippen LogP contribution is -2.24. The molecule has 0 amide bonds. The molecule has 1 heterocycles. The van der Waals surface area contributed by atoms with E-state index < -0.39 is 5.97 Å². The Balaban J connectivity index is 2.13. The number of aliphatic carboxylic acids is 1. The van der Waals surface area contributed by atoms with E-state index in [4.69, 9.17) is 10.8 Å². The first-order valence-electron chi connectivity index (χ1n) is 4.88. The molecule has 0 aliphatic carbocycles. The van der Waals surface area contributed by atoms with E-state index in [1.54, 1.807) is 0 Å². The van der Waals surface area contributed by atoms with Crippen molar-refractivity contribution >= 4 is 28.9 Å². The second kappa shape index (κ2) is 4.52. The Morgan fingerprint density at radius 2 is 2.29 bits per heavy atom. The van der Waals surface area contributed by atoms with Crippen LogP contribution in [0, 0.1) is 0 Å². The summed E-state index contributed by atoms with van der Waals surface area (Å²) in [5, 5.41) is 11.1. The molecule has 0 fully saturated rings. The van der Waals surface area contributed by atoms with Crippen LogP contribution in [0.1, 0.15) is 0 Å². The van der Waals surface area contributed by atoms with Gasteiger partial charge in [0, 0.05) is 0 Å². The molecule has 7 heteroatoms. The van der Waals surface area contributed by atoms with Crippen molar-refractivity contribution in [3.63, 3.8) is 0 Å². The zero-order valence-corrected chi connectivity index (χ0v) is 8.84. The molecule has 7 nitrogen and oxygen atoms in total. The highest BCUT2D eigenvalue weighted by Crippen LogP contribution is 2.12. The van der Waals surface area contributed by atoms with E-state index in [0.29, 0.717) is 5.95 Å². The quantitative estimate of drug-likeness (QED) is 0.451. The predicted molar refractivity (Wildman–Crippen MR) is 63.8 cm³/mol. The number of rotatable bonds is 3. The summed E-state index contributed by atoms with van der Waals surface area (Å²) < 4.78 is 0. The number of para-hydroxylation sites is 2. The third-order valence-corrected chi connectivity index (χ3v) is 2.02. The van der Waals surface area contributed by atoms with Gasteiger partial charge in [0.1, 0.15) is 6.54 Å². The number of nitrogens with zero attached hydrogens (tertiary/aromatic N) is 2. The van der Waals surface area contributed by atoms with Crippen LogP contribution >= 0.6 is 0 Å². The fourth-order valence-electron chi connectivity index (χ4n) is 1.33. The molecule has 2 rings (SSSR count). The number of hydrogen-bond donors (Lipinski definition) is 4. The smallest absolute Gasteiger partial charge is 0.325 e. The Morgan fingerprint density at radius 3 is 3.00 bits per heavy atom. The highest BCUT2D eigenvalue weighted by atomic mass is 16.4. The fraction of sp³-hybridized carbons (Fsp3) is 0.100. The van der Waals surface area contributed by atoms with Crippen LogP contribution in [0.5, 0.6) is 0 Å². The van der Waals surface area contributed by atoms with Crippen LogP contribution < -0.4 is 11.1 Å². The minimum Gasteiger partial charge on any atom is -0.480 e. The molecule has 88 valence electrons. The van der Waals surface area contributed by atoms with Gasteiger partial charge in [-0.25, -0.2) is 9.98 Å². The monoisotopic (exact) mass is 233 g/mol. The summed E-state index contributed by atoms with van der Waals surface area (Å²) in [5.41, 5.74) is 7.15. The lowest BCUT2D eigenvalue weighted by atomic mass is 10.3. The maximum Gasteiger partial charge on any atom is 0.325 e. The second-order valence-electron chi connectivity index (χ2n) is 3.32. The molecule has 2 aromatic rings. The van der Waals surface area contributed by atoms with Crippen molar-refractivity contribution in [3.05, 3.63) is 24.3 Å². The van der Waals surface area contributed by atoms with Gasteiger partial charge in [0.2, 0.25) is 5.95 Å². The van der Waals surface area contributed by atoms with E-state index in [-0.39, 0.29) is 12.5 Å². The maximum absolute atomic E-state index is 10.3. The summed E-state index contributed by atoms with van der Waals surface area (Å²) in [4.78, 5) is 21.1. The molecular weight excluding hydrogens is 222 g/mol. The van der Waals surface area contributed by atoms with E-state index in [9.17, 15) is 4.79 Å². The SMILES string of the molecule is NC(=NCC(=O)O)Nc1nc2ccccc2[nH]1. The van der Waals surface area contributed by atoms with Crippen molar-refractivity contribution in [3.8, 4) is 0 Å². The highest BCUT2D eigenvalue weighted by Gasteiger charge is 2.02. The van der Waals surface area contributed by atoms with Crippen molar-refractivity contribution < 1.29 is 9.90 Å². The number of nitrogens with one attached hydrogen (secondary N) is 2. The molecule has 0 spiro atoms. The Labute approximate surface area is 96.4 Å². The predicted octanol–water partition coefficient (Wildman–Crippen LogP) is 0.374. The number of carbonyl (C=O) groups is 1. The van der Waals surface area contributed by atoms with Crippen molar-refractivity contribution in [2.24, 2.45) is 10.7 Å². The maximum atomic E-state index is 10.3. The summed E-state index contributed by atoms with van der Waals surface area (Å²) in [5.74, 6) is -0.608. The first kappa shape index (κ1) is 10.9. The lowest BCUT2D eigenvalue weighted by molar-refractivity contribution is -0.135. The topological polar surface area (TPSA) is 116 Å². The number of carboxylic acid groups (broad SMARTS) is 1. The molecular formula is C10H11N5O2. The molecule has 0 bridgehead atoms. The number of guanidine groups is 1. The van der Waals surface area contributed by atoms with E-state index in [0.717, 1.165) is 11.0 Å². The molecule has 5 N–H and O–H groups in total. The largest absolute Gasteiger partial charge is 0.480 e. The van der Waals surface area contributed by atoms with Gasteiger partial charge >= 0.3 is 5.97 Å². The number of nitrogens with two attached hydrogens (primary N) is 1. The highest BCUT2D eigenvalue weighted by molar-refractivity contribution is 5.93. The van der Waals surface area contributed by atoms with Crippen LogP contribution in [-0.4, -0.2) is 33.5 Å². The number of aromatic nitrogens is 2. The molecule has 17 heavy (non-hydrogen) atoms. The minimum atomic E-state index is -1.04. The van der Waals surface area contributed by atoms with Gasteiger partial charge in [-0.05, 0) is 12.1 Å². The summed E-state index contributed by atoms with van der Waals surface area (Å²) >= 11 is 0. The zero-order chi connectivity index (χ0) is 12.3. The number of carboxylic acids is 1. The Bertz CT molecular complexity index is 542. The van der Waals surface area contributed by atoms with E-state index in [1.807, 2.05) is 24.3 Å². The number of benzene rings is 1. The number of anilines is 1. The Kier molecular flexibility index (Phi) is 2.91. The number of H-pyrrole nitrogens is 1. The molecule has 0 saturated carbocycles. The zero-order valence-electron chi connectivity index (χ0n) is 8.84. The standard InChI is InChI=1S/C10H11N5O2/c11-9(12-5-8(16)17)15-10-13-6-3-1-2-4-7(6)14-10/h1-4H,5H2,(H,16,17)(H4,11,12,13,14,15). The lowest BCUT2D eigenvalue weighted by Gasteiger charge is -1.99. The van der Waals surface area contributed by atoms with Crippen LogP contribution in [0.15, 0.2) is 29.3 Å². The normalized spacial score (nSPS) is 11.6. The van der Waals surface area contributed by atoms with Gasteiger partial charge in [-0.15, -0.1) is 0 Å². The van der Waals surface area contributed by atoms with Gasteiger partial charge in [-0.1, -0.05) is 12.1 Å². The number of imidazole rings is 1. The molecule has 0 atom stereocenters. The molecule has 0 saturated heterocycles. The number of hydrogen-bond acceptors (Lipinski definition) is 3. The summed E-state index contributed by atoms with van der Waals surface area (Å²) in [7, 11) is 0. The van der Waals surface area contributed by atoms with Gasteiger partial charge in [0.25, 0.3) is 0 Å². The molecule has 0 radical (unpaired) electrons. The molecule has 0 aliphatic rings. The van der Waals surface area contributed by atoms with Crippen LogP contribution in [0.2, 0.25) is 0 Å². The Morgan fingerprint density at radius 1 is 1.53 bits per heavy atom. The third-order valence-electron chi connectivity index (χ3n) is 2.02. The van der Waals surface area contributed by atoms with Crippen molar-refractivity contribution in [2.45, 2.75) is 0 Å². The van der Waals surface area contributed by atoms with Gasteiger partial charge in [0.05, 0.1) is 11.0 Å². The van der Waals surface area contributed by atoms with E-state index in [2.05, 4.69) is 20.3 Å². The Hall–Kier alpha value is -2.57. The van der Waals surface area contributed by atoms with Gasteiger partial charge in [-0.2, -0.15) is 0 Å². The van der Waals surface area contributed by atoms with Gasteiger partial charge in [0.15, 0.2) is 5.96 Å². The molecule has 0 unspecified atom stereocenters. The van der Waals surface area contributed by atoms with Crippen LogP contribution in [0.25, 0.3) is 11.0 Å². The minimum absolute atomic E-state index is 0.00598. The molecule has 0 aliphatic heterocycles. The fourth-order valence-corrected chi connectivity index (χ4v) is 1.33. The van der Waals surface area contributed by atoms with Crippen LogP contribution in [0.4, 0.5) is 5.95 Å². The van der Waals surface area contributed by atoms with E-state index in [1.165, 1.54) is 0 Å². The van der Waals surface area contributed by atoms with Crippen molar-refractivity contribution in [1.82, 2.24) is 9.97 Å². The second-order valence-corrected chi connectivity index (χ2v) is 3.32. The average molecular weight is 233 g/mol. The van der Waals surface area contributed by atoms with Crippen molar-refractivity contribution in [2.75, 3.05) is 11.9 Å². The van der Waals surface area contributed by atoms with Gasteiger partial charge < -0.3 is 15.8 Å². The third kappa shape index (κ3) is 2.71. The molecule has 1 aromatic carbocycles. The average Bonchev–Trinajstić information content (AvgIpc) is 2.68. The summed E-state index contributed by atoms with van der Waals surface area (Å²) in [6.45, 7) is -0.376. The molecule has 1 aromatic heterocycles.